The predicted octanol–water partition coefficient (Wildman–Crippen LogP) is 6.69. The second kappa shape index (κ2) is 7.37. The van der Waals surface area contributed by atoms with Crippen LogP contribution in [-0.2, 0) is 11.3 Å². The van der Waals surface area contributed by atoms with Crippen LogP contribution in [0.2, 0.25) is 10.0 Å². The summed E-state index contributed by atoms with van der Waals surface area (Å²) in [7, 11) is 0. The Bertz CT molecular complexity index is 1090. The number of ether oxygens (including phenoxy) is 1. The highest BCUT2D eigenvalue weighted by Crippen LogP contribution is 2.37. The number of esters is 1. The van der Waals surface area contributed by atoms with E-state index in [0.29, 0.717) is 20.6 Å². The number of carbonyl (C=O) groups is 1. The molecule has 0 spiro atoms. The fourth-order valence-corrected chi connectivity index (χ4v) is 4.95. The first-order valence-electron chi connectivity index (χ1n) is 7.66. The predicted molar refractivity (Wildman–Crippen MR) is 109 cm³/mol. The number of benzene rings is 2. The number of hydrogen-bond donors (Lipinski definition) is 0. The van der Waals surface area contributed by atoms with Crippen molar-refractivity contribution in [1.82, 2.24) is 4.98 Å². The van der Waals surface area contributed by atoms with E-state index >= 15 is 0 Å². The molecule has 3 nitrogen and oxygen atoms in total. The Kier molecular flexibility index (Phi) is 4.96. The SMILES string of the molecule is O=C(OCc1csc(-c2ccccc2)n1)c1sc2cc(Cl)ccc2c1Cl. The Balaban J connectivity index is 1.49. The third-order valence-corrected chi connectivity index (χ3v) is 6.51. The van der Waals surface area contributed by atoms with E-state index in [-0.39, 0.29) is 6.61 Å². The van der Waals surface area contributed by atoms with Crippen molar-refractivity contribution in [2.24, 2.45) is 0 Å². The molecule has 0 amide bonds. The Morgan fingerprint density at radius 3 is 2.73 bits per heavy atom. The number of halogens is 2. The van der Waals surface area contributed by atoms with Crippen molar-refractivity contribution in [3.63, 3.8) is 0 Å². The van der Waals surface area contributed by atoms with E-state index in [0.717, 1.165) is 20.7 Å². The average Bonchev–Trinajstić information content (AvgIpc) is 3.25. The fraction of sp³-hybridized carbons (Fsp3) is 0.0526. The highest BCUT2D eigenvalue weighted by molar-refractivity contribution is 7.21. The van der Waals surface area contributed by atoms with E-state index in [1.807, 2.05) is 35.7 Å². The molecule has 130 valence electrons. The molecule has 0 aliphatic rings. The average molecular weight is 420 g/mol. The van der Waals surface area contributed by atoms with Crippen LogP contribution in [0.3, 0.4) is 0 Å². The number of thiazole rings is 1. The summed E-state index contributed by atoms with van der Waals surface area (Å²) in [6.45, 7) is 0.105. The smallest absolute Gasteiger partial charge is 0.350 e. The summed E-state index contributed by atoms with van der Waals surface area (Å²) in [6, 6.07) is 15.2. The van der Waals surface area contributed by atoms with Crippen LogP contribution in [0.25, 0.3) is 20.7 Å². The van der Waals surface area contributed by atoms with Crippen molar-refractivity contribution in [3.8, 4) is 10.6 Å². The molecule has 2 heterocycles. The topological polar surface area (TPSA) is 39.2 Å². The van der Waals surface area contributed by atoms with Crippen molar-refractivity contribution in [2.75, 3.05) is 0 Å². The largest absolute Gasteiger partial charge is 0.455 e. The lowest BCUT2D eigenvalue weighted by atomic mass is 10.2. The van der Waals surface area contributed by atoms with Crippen LogP contribution in [0, 0.1) is 0 Å². The molecule has 0 unspecified atom stereocenters. The second-order valence-corrected chi connectivity index (χ2v) is 8.20. The first kappa shape index (κ1) is 17.5. The molecule has 0 saturated heterocycles. The number of aromatic nitrogens is 1. The maximum Gasteiger partial charge on any atom is 0.350 e. The molecule has 0 bridgehead atoms. The van der Waals surface area contributed by atoms with Crippen LogP contribution in [0.15, 0.2) is 53.9 Å². The molecule has 0 atom stereocenters. The fourth-order valence-electron chi connectivity index (χ4n) is 2.46. The minimum absolute atomic E-state index is 0.105. The maximum absolute atomic E-state index is 12.4. The van der Waals surface area contributed by atoms with Gasteiger partial charge in [-0.15, -0.1) is 22.7 Å². The monoisotopic (exact) mass is 419 g/mol. The van der Waals surface area contributed by atoms with Crippen molar-refractivity contribution in [3.05, 3.63) is 74.5 Å². The summed E-state index contributed by atoms with van der Waals surface area (Å²) in [5, 5.41) is 4.59. The molecule has 0 aliphatic carbocycles. The second-order valence-electron chi connectivity index (χ2n) is 5.47. The molecule has 0 saturated carbocycles. The molecule has 2 aromatic carbocycles. The van der Waals surface area contributed by atoms with Crippen LogP contribution >= 0.6 is 45.9 Å². The molecule has 0 fully saturated rings. The first-order chi connectivity index (χ1) is 12.6. The quantitative estimate of drug-likeness (QED) is 0.345. The molecular weight excluding hydrogens is 409 g/mol. The van der Waals surface area contributed by atoms with E-state index in [9.17, 15) is 4.79 Å². The van der Waals surface area contributed by atoms with Gasteiger partial charge in [0.15, 0.2) is 0 Å². The number of nitrogens with zero attached hydrogens (tertiary/aromatic N) is 1. The van der Waals surface area contributed by atoms with E-state index in [2.05, 4.69) is 4.98 Å². The van der Waals surface area contributed by atoms with Gasteiger partial charge < -0.3 is 4.74 Å². The van der Waals surface area contributed by atoms with Gasteiger partial charge in [0, 0.05) is 26.1 Å². The van der Waals surface area contributed by atoms with Gasteiger partial charge in [0.2, 0.25) is 0 Å². The highest BCUT2D eigenvalue weighted by Gasteiger charge is 2.19. The number of rotatable bonds is 4. The first-order valence-corrected chi connectivity index (χ1v) is 10.1. The van der Waals surface area contributed by atoms with Gasteiger partial charge in [-0.05, 0) is 12.1 Å². The van der Waals surface area contributed by atoms with Gasteiger partial charge in [0.25, 0.3) is 0 Å². The zero-order valence-corrected chi connectivity index (χ0v) is 16.4. The Labute approximate surface area is 167 Å². The molecule has 0 aliphatic heterocycles. The van der Waals surface area contributed by atoms with Crippen LogP contribution in [0.1, 0.15) is 15.4 Å². The lowest BCUT2D eigenvalue weighted by molar-refractivity contribution is 0.0474. The van der Waals surface area contributed by atoms with Crippen LogP contribution < -0.4 is 0 Å². The lowest BCUT2D eigenvalue weighted by Crippen LogP contribution is -2.04. The minimum Gasteiger partial charge on any atom is -0.455 e. The summed E-state index contributed by atoms with van der Waals surface area (Å²) in [6.07, 6.45) is 0. The Morgan fingerprint density at radius 1 is 1.12 bits per heavy atom. The molecule has 4 aromatic rings. The molecule has 0 radical (unpaired) electrons. The Hall–Kier alpha value is -1.92. The zero-order valence-electron chi connectivity index (χ0n) is 13.2. The van der Waals surface area contributed by atoms with Crippen molar-refractivity contribution < 1.29 is 9.53 Å². The highest BCUT2D eigenvalue weighted by atomic mass is 35.5. The molecule has 7 heteroatoms. The van der Waals surface area contributed by atoms with Crippen LogP contribution in [-0.4, -0.2) is 11.0 Å². The summed E-state index contributed by atoms with van der Waals surface area (Å²) in [5.41, 5.74) is 1.75. The van der Waals surface area contributed by atoms with Gasteiger partial charge in [-0.25, -0.2) is 9.78 Å². The van der Waals surface area contributed by atoms with Crippen molar-refractivity contribution in [1.29, 1.82) is 0 Å². The lowest BCUT2D eigenvalue weighted by Gasteiger charge is -2.01. The van der Waals surface area contributed by atoms with Gasteiger partial charge in [0.05, 0.1) is 10.7 Å². The summed E-state index contributed by atoms with van der Waals surface area (Å²) in [4.78, 5) is 17.3. The molecule has 2 aromatic heterocycles. The minimum atomic E-state index is -0.457. The summed E-state index contributed by atoms with van der Waals surface area (Å²) in [5.74, 6) is -0.457. The van der Waals surface area contributed by atoms with Crippen molar-refractivity contribution in [2.45, 2.75) is 6.61 Å². The number of hydrogen-bond acceptors (Lipinski definition) is 5. The number of carbonyl (C=O) groups excluding carboxylic acids is 1. The molecular formula is C19H11Cl2NO2S2. The summed E-state index contributed by atoms with van der Waals surface area (Å²) >= 11 is 15.1. The van der Waals surface area contributed by atoms with Gasteiger partial charge in [-0.1, -0.05) is 59.6 Å². The standard InChI is InChI=1S/C19H11Cl2NO2S2/c20-12-6-7-14-15(8-12)26-17(16(14)21)19(23)24-9-13-10-25-18(22-13)11-4-2-1-3-5-11/h1-8,10H,9H2. The Morgan fingerprint density at radius 2 is 1.92 bits per heavy atom. The van der Waals surface area contributed by atoms with Crippen LogP contribution in [0.4, 0.5) is 0 Å². The van der Waals surface area contributed by atoms with Gasteiger partial charge in [-0.3, -0.25) is 0 Å². The van der Waals surface area contributed by atoms with E-state index in [1.54, 1.807) is 18.2 Å². The summed E-state index contributed by atoms with van der Waals surface area (Å²) < 4.78 is 6.26. The zero-order chi connectivity index (χ0) is 18.1. The third-order valence-electron chi connectivity index (χ3n) is 3.70. The van der Waals surface area contributed by atoms with E-state index in [1.165, 1.54) is 22.7 Å². The van der Waals surface area contributed by atoms with Crippen LogP contribution in [0.5, 0.6) is 0 Å². The molecule has 26 heavy (non-hydrogen) atoms. The van der Waals surface area contributed by atoms with E-state index < -0.39 is 5.97 Å². The molecule has 0 N–H and O–H groups in total. The third kappa shape index (κ3) is 3.48. The van der Waals surface area contributed by atoms with Gasteiger partial charge in [-0.2, -0.15) is 0 Å². The maximum atomic E-state index is 12.4. The van der Waals surface area contributed by atoms with Gasteiger partial charge >= 0.3 is 5.97 Å². The van der Waals surface area contributed by atoms with Crippen molar-refractivity contribution >= 4 is 61.9 Å². The normalized spacial score (nSPS) is 11.0. The van der Waals surface area contributed by atoms with Gasteiger partial charge in [0.1, 0.15) is 16.5 Å². The number of thiophene rings is 1. The van der Waals surface area contributed by atoms with E-state index in [4.69, 9.17) is 27.9 Å². The number of fused-ring (bicyclic) bond motifs is 1. The molecule has 4 rings (SSSR count).